The summed E-state index contributed by atoms with van der Waals surface area (Å²) in [5.74, 6) is 1.67. The van der Waals surface area contributed by atoms with Gasteiger partial charge >= 0.3 is 12.1 Å². The van der Waals surface area contributed by atoms with E-state index in [0.29, 0.717) is 54.4 Å². The van der Waals surface area contributed by atoms with Crippen molar-refractivity contribution in [1.82, 2.24) is 15.1 Å². The van der Waals surface area contributed by atoms with Crippen molar-refractivity contribution in [1.29, 1.82) is 0 Å². The highest BCUT2D eigenvalue weighted by Gasteiger charge is 2.27. The molecule has 2 aromatic carbocycles. The summed E-state index contributed by atoms with van der Waals surface area (Å²) in [6, 6.07) is 12.4. The molecule has 2 aromatic rings. The molecule has 0 aliphatic carbocycles. The number of carbonyl (C=O) groups excluding carboxylic acids is 2. The van der Waals surface area contributed by atoms with Gasteiger partial charge in [0.15, 0.2) is 11.5 Å². The van der Waals surface area contributed by atoms with Crippen molar-refractivity contribution in [3.63, 3.8) is 0 Å². The molecule has 4 amide bonds. The van der Waals surface area contributed by atoms with Crippen molar-refractivity contribution in [3.05, 3.63) is 42.5 Å². The van der Waals surface area contributed by atoms with Gasteiger partial charge in [-0.2, -0.15) is 0 Å². The van der Waals surface area contributed by atoms with E-state index < -0.39 is 0 Å². The Balaban J connectivity index is 1.22. The molecule has 3 N–H and O–H groups in total. The minimum Gasteiger partial charge on any atom is -0.490 e. The number of ether oxygens (including phenoxy) is 3. The van der Waals surface area contributed by atoms with Crippen molar-refractivity contribution in [2.45, 2.75) is 97.3 Å². The monoisotopic (exact) mass is 623 g/mol. The van der Waals surface area contributed by atoms with Gasteiger partial charge in [-0.15, -0.1) is 0 Å². The maximum atomic E-state index is 13.0. The average Bonchev–Trinajstić information content (AvgIpc) is 3.05. The van der Waals surface area contributed by atoms with Gasteiger partial charge in [-0.05, 0) is 94.8 Å². The zero-order valence-corrected chi connectivity index (χ0v) is 27.6. The fourth-order valence-corrected chi connectivity index (χ4v) is 5.84. The summed E-state index contributed by atoms with van der Waals surface area (Å²) >= 11 is 0. The summed E-state index contributed by atoms with van der Waals surface area (Å²) in [6.45, 7) is 13.5. The van der Waals surface area contributed by atoms with Crippen LogP contribution in [0.15, 0.2) is 42.5 Å². The van der Waals surface area contributed by atoms with Crippen molar-refractivity contribution in [2.24, 2.45) is 0 Å². The van der Waals surface area contributed by atoms with Gasteiger partial charge in [-0.3, -0.25) is 0 Å². The number of benzene rings is 2. The zero-order valence-electron chi connectivity index (χ0n) is 27.6. The Hall–Kier alpha value is -3.50. The van der Waals surface area contributed by atoms with Crippen molar-refractivity contribution < 1.29 is 23.8 Å². The molecule has 2 aliphatic heterocycles. The Morgan fingerprint density at radius 2 is 1.47 bits per heavy atom. The van der Waals surface area contributed by atoms with E-state index in [0.717, 1.165) is 51.6 Å². The third-order valence-electron chi connectivity index (χ3n) is 8.63. The topological polar surface area (TPSA) is 104 Å². The average molecular weight is 624 g/mol. The highest BCUT2D eigenvalue weighted by atomic mass is 16.5. The number of carbonyl (C=O) groups is 2. The van der Waals surface area contributed by atoms with E-state index in [9.17, 15) is 9.59 Å². The lowest BCUT2D eigenvalue weighted by Gasteiger charge is -2.37. The fraction of sp³-hybridized carbons (Fsp3) is 0.600. The van der Waals surface area contributed by atoms with Gasteiger partial charge in [-0.25, -0.2) is 9.59 Å². The standard InChI is InChI=1S/C35H53N5O5/c1-5-9-20-39-21-16-30(17-22-39)44-31-18-23-40(24-19-31)35(42)38-27-10-13-29(14-11-27)45-32-15-12-28(25-33(32)43-8-4)37-34(41)36-26(6-2)7-3/h10-15,25-26,30-31H,5-9,16-24H2,1-4H3,(H,38,42)(H2,36,37,41). The van der Waals surface area contributed by atoms with Gasteiger partial charge in [0.2, 0.25) is 0 Å². The molecule has 0 aromatic heterocycles. The van der Waals surface area contributed by atoms with Crippen LogP contribution in [0.5, 0.6) is 17.2 Å². The number of hydrogen-bond acceptors (Lipinski definition) is 6. The minimum atomic E-state index is -0.246. The van der Waals surface area contributed by atoms with E-state index in [1.165, 1.54) is 19.4 Å². The van der Waals surface area contributed by atoms with Crippen LogP contribution in [0, 0.1) is 0 Å². The van der Waals surface area contributed by atoms with Gasteiger partial charge in [0.05, 0.1) is 18.8 Å². The van der Waals surface area contributed by atoms with Crippen LogP contribution in [0.4, 0.5) is 21.0 Å². The molecular weight excluding hydrogens is 570 g/mol. The third kappa shape index (κ3) is 10.8. The lowest BCUT2D eigenvalue weighted by atomic mass is 10.0. The molecule has 2 saturated heterocycles. The first-order valence-corrected chi connectivity index (χ1v) is 17.0. The highest BCUT2D eigenvalue weighted by Crippen LogP contribution is 2.34. The quantitative estimate of drug-likeness (QED) is 0.202. The number of amides is 4. The van der Waals surface area contributed by atoms with Crippen LogP contribution in [-0.4, -0.2) is 79.4 Å². The SMILES string of the molecule is CCCCN1CCC(OC2CCN(C(=O)Nc3ccc(Oc4ccc(NC(=O)NC(CC)CC)cc4OCC)cc3)CC2)CC1. The second-order valence-electron chi connectivity index (χ2n) is 12.0. The Bertz CT molecular complexity index is 1190. The predicted molar refractivity (Wildman–Crippen MR) is 180 cm³/mol. The highest BCUT2D eigenvalue weighted by molar-refractivity contribution is 5.90. The Kier molecular flexibility index (Phi) is 13.6. The molecule has 248 valence electrons. The number of nitrogens with zero attached hydrogens (tertiary/aromatic N) is 2. The second-order valence-corrected chi connectivity index (χ2v) is 12.0. The number of likely N-dealkylation sites (tertiary alicyclic amines) is 2. The lowest BCUT2D eigenvalue weighted by molar-refractivity contribution is -0.0608. The molecule has 10 nitrogen and oxygen atoms in total. The lowest BCUT2D eigenvalue weighted by Crippen LogP contribution is -2.45. The number of nitrogens with one attached hydrogen (secondary N) is 3. The number of rotatable bonds is 14. The first-order chi connectivity index (χ1) is 21.9. The summed E-state index contributed by atoms with van der Waals surface area (Å²) < 4.78 is 18.3. The van der Waals surface area contributed by atoms with Gasteiger partial charge < -0.3 is 40.0 Å². The molecule has 2 heterocycles. The molecule has 0 unspecified atom stereocenters. The predicted octanol–water partition coefficient (Wildman–Crippen LogP) is 7.47. The summed E-state index contributed by atoms with van der Waals surface area (Å²) in [6.07, 6.45) is 8.79. The first-order valence-electron chi connectivity index (χ1n) is 17.0. The summed E-state index contributed by atoms with van der Waals surface area (Å²) in [5.41, 5.74) is 1.32. The maximum Gasteiger partial charge on any atom is 0.321 e. The molecule has 0 spiro atoms. The molecule has 4 rings (SSSR count). The van der Waals surface area contributed by atoms with Crippen molar-refractivity contribution in [2.75, 3.05) is 50.0 Å². The zero-order chi connectivity index (χ0) is 32.0. The molecule has 10 heteroatoms. The van der Waals surface area contributed by atoms with Crippen LogP contribution in [0.25, 0.3) is 0 Å². The van der Waals surface area contributed by atoms with E-state index in [-0.39, 0.29) is 24.2 Å². The molecule has 2 fully saturated rings. The van der Waals surface area contributed by atoms with E-state index >= 15 is 0 Å². The van der Waals surface area contributed by atoms with Gasteiger partial charge in [0.1, 0.15) is 5.75 Å². The molecule has 2 aliphatic rings. The van der Waals surface area contributed by atoms with E-state index in [2.05, 4.69) is 27.8 Å². The van der Waals surface area contributed by atoms with Crippen molar-refractivity contribution >= 4 is 23.4 Å². The molecule has 0 bridgehead atoms. The largest absolute Gasteiger partial charge is 0.490 e. The number of hydrogen-bond donors (Lipinski definition) is 3. The molecule has 0 radical (unpaired) electrons. The number of anilines is 2. The van der Waals surface area contributed by atoms with Gasteiger partial charge in [0, 0.05) is 49.7 Å². The second kappa shape index (κ2) is 17.8. The Morgan fingerprint density at radius 1 is 0.822 bits per heavy atom. The van der Waals surface area contributed by atoms with Crippen LogP contribution in [0.2, 0.25) is 0 Å². The smallest absolute Gasteiger partial charge is 0.321 e. The number of unbranched alkanes of at least 4 members (excludes halogenated alkanes) is 1. The van der Waals surface area contributed by atoms with Crippen LogP contribution in [-0.2, 0) is 4.74 Å². The molecular formula is C35H53N5O5. The minimum absolute atomic E-state index is 0.0960. The normalized spacial score (nSPS) is 16.4. The number of urea groups is 2. The van der Waals surface area contributed by atoms with E-state index in [1.54, 1.807) is 18.2 Å². The molecule has 0 atom stereocenters. The summed E-state index contributed by atoms with van der Waals surface area (Å²) in [4.78, 5) is 29.8. The Labute approximate surface area is 269 Å². The summed E-state index contributed by atoms with van der Waals surface area (Å²) in [5, 5.41) is 8.86. The fourth-order valence-electron chi connectivity index (χ4n) is 5.84. The first kappa shape index (κ1) is 34.4. The van der Waals surface area contributed by atoms with Crippen LogP contribution in [0.3, 0.4) is 0 Å². The molecule has 45 heavy (non-hydrogen) atoms. The third-order valence-corrected chi connectivity index (χ3v) is 8.63. The van der Waals surface area contributed by atoms with E-state index in [4.69, 9.17) is 14.2 Å². The molecule has 0 saturated carbocycles. The van der Waals surface area contributed by atoms with Crippen LogP contribution < -0.4 is 25.4 Å². The van der Waals surface area contributed by atoms with Gasteiger partial charge in [-0.1, -0.05) is 27.2 Å². The van der Waals surface area contributed by atoms with Gasteiger partial charge in [0.25, 0.3) is 0 Å². The van der Waals surface area contributed by atoms with Crippen molar-refractivity contribution in [3.8, 4) is 17.2 Å². The Morgan fingerprint density at radius 3 is 2.09 bits per heavy atom. The van der Waals surface area contributed by atoms with E-state index in [1.807, 2.05) is 49.9 Å². The summed E-state index contributed by atoms with van der Waals surface area (Å²) in [7, 11) is 0. The number of piperidine rings is 2. The maximum absolute atomic E-state index is 13.0. The van der Waals surface area contributed by atoms with Crippen LogP contribution in [0.1, 0.15) is 79.1 Å². The van der Waals surface area contributed by atoms with Crippen LogP contribution >= 0.6 is 0 Å².